The van der Waals surface area contributed by atoms with E-state index in [2.05, 4.69) is 18.7 Å². The predicted molar refractivity (Wildman–Crippen MR) is 74.2 cm³/mol. The van der Waals surface area contributed by atoms with Crippen LogP contribution in [0.2, 0.25) is 0 Å². The van der Waals surface area contributed by atoms with Gasteiger partial charge in [-0.1, -0.05) is 29.9 Å². The van der Waals surface area contributed by atoms with Crippen LogP contribution in [0.25, 0.3) is 0 Å². The average Bonchev–Trinajstić information content (AvgIpc) is 3.09. The second kappa shape index (κ2) is 6.71. The molecule has 0 aromatic carbocycles. The van der Waals surface area contributed by atoms with Gasteiger partial charge in [0.05, 0.1) is 6.61 Å². The van der Waals surface area contributed by atoms with Crippen LogP contribution in [-0.2, 0) is 14.6 Å². The van der Waals surface area contributed by atoms with Gasteiger partial charge in [0.25, 0.3) is 0 Å². The molecule has 0 heterocycles. The molecule has 19 heavy (non-hydrogen) atoms. The minimum absolute atomic E-state index is 0.0398. The smallest absolute Gasteiger partial charge is 0.293 e. The van der Waals surface area contributed by atoms with Crippen LogP contribution < -0.4 is 0 Å². The third-order valence-corrected chi connectivity index (χ3v) is 3.76. The molecule has 104 valence electrons. The summed E-state index contributed by atoms with van der Waals surface area (Å²) in [4.78, 5) is 21.5. The lowest BCUT2D eigenvalue weighted by Crippen LogP contribution is -2.18. The van der Waals surface area contributed by atoms with Gasteiger partial charge < -0.3 is 0 Å². The number of hydrogen-bond donors (Lipinski definition) is 0. The summed E-state index contributed by atoms with van der Waals surface area (Å²) in [7, 11) is 0. The third-order valence-electron chi connectivity index (χ3n) is 3.76. The summed E-state index contributed by atoms with van der Waals surface area (Å²) in [5.41, 5.74) is 3.16. The normalized spacial score (nSPS) is 18.4. The zero-order chi connectivity index (χ0) is 13.7. The van der Waals surface area contributed by atoms with E-state index in [0.717, 1.165) is 25.7 Å². The second-order valence-corrected chi connectivity index (χ2v) is 5.08. The molecule has 0 spiro atoms. The maximum Gasteiger partial charge on any atom is 0.369 e. The van der Waals surface area contributed by atoms with Crippen LogP contribution in [-0.4, -0.2) is 12.6 Å². The molecule has 0 amide bonds. The Morgan fingerprint density at radius 2 is 1.84 bits per heavy atom. The first-order valence-corrected chi connectivity index (χ1v) is 7.14. The molecule has 0 saturated heterocycles. The van der Waals surface area contributed by atoms with E-state index in [0.29, 0.717) is 12.2 Å². The number of hydrogen-bond acceptors (Lipinski definition) is 3. The van der Waals surface area contributed by atoms with Crippen LogP contribution in [0.15, 0.2) is 35.5 Å². The topological polar surface area (TPSA) is 35.5 Å². The first-order chi connectivity index (χ1) is 9.24. The van der Waals surface area contributed by atoms with E-state index < -0.39 is 5.97 Å². The zero-order valence-corrected chi connectivity index (χ0v) is 11.6. The molecule has 0 atom stereocenters. The lowest BCUT2D eigenvalue weighted by Gasteiger charge is -2.21. The van der Waals surface area contributed by atoms with E-state index in [4.69, 9.17) is 9.78 Å². The van der Waals surface area contributed by atoms with Gasteiger partial charge in [0.1, 0.15) is 0 Å². The summed E-state index contributed by atoms with van der Waals surface area (Å²) in [6.07, 6.45) is 11.2. The largest absolute Gasteiger partial charge is 0.369 e. The lowest BCUT2D eigenvalue weighted by atomic mass is 9.84. The van der Waals surface area contributed by atoms with Gasteiger partial charge in [-0.05, 0) is 45.4 Å². The number of carbonyl (C=O) groups is 1. The zero-order valence-electron chi connectivity index (χ0n) is 11.6. The molecule has 0 radical (unpaired) electrons. The average molecular weight is 262 g/mol. The van der Waals surface area contributed by atoms with Crippen molar-refractivity contribution >= 4 is 5.97 Å². The molecule has 0 aromatic rings. The Morgan fingerprint density at radius 1 is 1.26 bits per heavy atom. The van der Waals surface area contributed by atoms with E-state index in [1.807, 2.05) is 0 Å². The van der Waals surface area contributed by atoms with Gasteiger partial charge in [0.2, 0.25) is 0 Å². The summed E-state index contributed by atoms with van der Waals surface area (Å²) in [5.74, 6) is -0.398. The highest BCUT2D eigenvalue weighted by molar-refractivity contribution is 5.89. The van der Waals surface area contributed by atoms with Crippen LogP contribution in [0.3, 0.4) is 0 Å². The molecule has 0 aliphatic heterocycles. The first kappa shape index (κ1) is 14.1. The van der Waals surface area contributed by atoms with Crippen molar-refractivity contribution in [3.63, 3.8) is 0 Å². The van der Waals surface area contributed by atoms with E-state index in [-0.39, 0.29) is 5.92 Å². The van der Waals surface area contributed by atoms with Gasteiger partial charge in [-0.25, -0.2) is 4.79 Å². The molecule has 3 nitrogen and oxygen atoms in total. The summed E-state index contributed by atoms with van der Waals surface area (Å²) in [6, 6.07) is 0. The molecular formula is C16H22O3. The van der Waals surface area contributed by atoms with Gasteiger partial charge in [0.15, 0.2) is 0 Å². The SMILES string of the molecule is C=C(C(=O)OOCC)C(C1=CCCC1)C1=CCCC1. The van der Waals surface area contributed by atoms with Crippen LogP contribution in [0.5, 0.6) is 0 Å². The third kappa shape index (κ3) is 3.35. The fourth-order valence-corrected chi connectivity index (χ4v) is 2.89. The van der Waals surface area contributed by atoms with Gasteiger partial charge in [-0.2, -0.15) is 4.89 Å². The fourth-order valence-electron chi connectivity index (χ4n) is 2.89. The van der Waals surface area contributed by atoms with E-state index in [1.165, 1.54) is 24.0 Å². The summed E-state index contributed by atoms with van der Waals surface area (Å²) >= 11 is 0. The van der Waals surface area contributed by atoms with Crippen LogP contribution in [0.1, 0.15) is 45.4 Å². The van der Waals surface area contributed by atoms with Crippen molar-refractivity contribution in [2.24, 2.45) is 5.92 Å². The van der Waals surface area contributed by atoms with Gasteiger partial charge in [-0.3, -0.25) is 4.89 Å². The minimum atomic E-state index is -0.438. The van der Waals surface area contributed by atoms with Crippen LogP contribution in [0, 0.1) is 5.92 Å². The van der Waals surface area contributed by atoms with Crippen molar-refractivity contribution in [2.75, 3.05) is 6.61 Å². The quantitative estimate of drug-likeness (QED) is 0.315. The molecule has 0 bridgehead atoms. The Bertz CT molecular complexity index is 394. The standard InChI is InChI=1S/C16H22O3/c1-3-18-19-16(17)12(2)15(13-8-4-5-9-13)14-10-6-7-11-14/h8,10,15H,2-7,9,11H2,1H3. The molecule has 2 aliphatic rings. The van der Waals surface area contributed by atoms with Crippen molar-refractivity contribution in [1.29, 1.82) is 0 Å². The molecule has 0 N–H and O–H groups in total. The Labute approximate surface area is 114 Å². The summed E-state index contributed by atoms with van der Waals surface area (Å²) < 4.78 is 0. The minimum Gasteiger partial charge on any atom is -0.293 e. The maximum atomic E-state index is 12.0. The Hall–Kier alpha value is -1.35. The first-order valence-electron chi connectivity index (χ1n) is 7.14. The molecule has 3 heteroatoms. The van der Waals surface area contributed by atoms with Gasteiger partial charge in [0, 0.05) is 11.5 Å². The van der Waals surface area contributed by atoms with Crippen molar-refractivity contribution in [3.05, 3.63) is 35.5 Å². The Morgan fingerprint density at radius 3 is 2.26 bits per heavy atom. The van der Waals surface area contributed by atoms with Crippen molar-refractivity contribution in [2.45, 2.75) is 45.4 Å². The predicted octanol–water partition coefficient (Wildman–Crippen LogP) is 3.87. The van der Waals surface area contributed by atoms with Crippen molar-refractivity contribution in [1.82, 2.24) is 0 Å². The highest BCUT2D eigenvalue weighted by Crippen LogP contribution is 2.39. The molecule has 0 unspecified atom stereocenters. The Kier molecular flexibility index (Phi) is 4.97. The highest BCUT2D eigenvalue weighted by atomic mass is 17.2. The monoisotopic (exact) mass is 262 g/mol. The van der Waals surface area contributed by atoms with E-state index in [1.54, 1.807) is 6.92 Å². The van der Waals surface area contributed by atoms with Crippen molar-refractivity contribution < 1.29 is 14.6 Å². The number of carbonyl (C=O) groups excluding carboxylic acids is 1. The molecule has 0 fully saturated rings. The van der Waals surface area contributed by atoms with Gasteiger partial charge >= 0.3 is 5.97 Å². The summed E-state index contributed by atoms with van der Waals surface area (Å²) in [6.45, 7) is 6.10. The maximum absolute atomic E-state index is 12.0. The van der Waals surface area contributed by atoms with E-state index >= 15 is 0 Å². The Balaban J connectivity index is 2.12. The number of rotatable bonds is 6. The molecule has 0 aromatic heterocycles. The molecule has 2 aliphatic carbocycles. The van der Waals surface area contributed by atoms with Crippen LogP contribution >= 0.6 is 0 Å². The highest BCUT2D eigenvalue weighted by Gasteiger charge is 2.29. The molecule has 2 rings (SSSR count). The second-order valence-electron chi connectivity index (χ2n) is 5.08. The van der Waals surface area contributed by atoms with Crippen LogP contribution in [0.4, 0.5) is 0 Å². The summed E-state index contributed by atoms with van der Waals surface area (Å²) in [5, 5.41) is 0. The lowest BCUT2D eigenvalue weighted by molar-refractivity contribution is -0.265. The molecule has 0 saturated carbocycles. The van der Waals surface area contributed by atoms with E-state index in [9.17, 15) is 4.79 Å². The van der Waals surface area contributed by atoms with Gasteiger partial charge in [-0.15, -0.1) is 0 Å². The number of allylic oxidation sites excluding steroid dienone is 4. The van der Waals surface area contributed by atoms with Crippen molar-refractivity contribution in [3.8, 4) is 0 Å². The fraction of sp³-hybridized carbons (Fsp3) is 0.562. The molecular weight excluding hydrogens is 240 g/mol.